The van der Waals surface area contributed by atoms with Crippen molar-refractivity contribution >= 4 is 5.97 Å². The number of aliphatic hydroxyl groups is 1. The van der Waals surface area contributed by atoms with Crippen LogP contribution in [0.2, 0.25) is 0 Å². The molecule has 3 nitrogen and oxygen atoms in total. The molecule has 0 amide bonds. The molecular weight excluding hydrogens is 288 g/mol. The molecule has 0 bridgehead atoms. The summed E-state index contributed by atoms with van der Waals surface area (Å²) in [5.41, 5.74) is 0.694. The summed E-state index contributed by atoms with van der Waals surface area (Å²) < 4.78 is 5.02. The maximum absolute atomic E-state index is 11.8. The van der Waals surface area contributed by atoms with Gasteiger partial charge in [-0.25, -0.2) is 4.79 Å². The average Bonchev–Trinajstić information content (AvgIpc) is 2.87. The summed E-state index contributed by atoms with van der Waals surface area (Å²) in [6, 6.07) is 0. The highest BCUT2D eigenvalue weighted by Crippen LogP contribution is 2.63. The molecule has 0 aromatic carbocycles. The second kappa shape index (κ2) is 5.61. The summed E-state index contributed by atoms with van der Waals surface area (Å²) >= 11 is 0. The van der Waals surface area contributed by atoms with Crippen LogP contribution in [0.1, 0.15) is 72.6 Å². The predicted octanol–water partition coefficient (Wildman–Crippen LogP) is 4.24. The minimum Gasteiger partial charge on any atom is -0.458 e. The second-order valence-corrected chi connectivity index (χ2v) is 9.13. The van der Waals surface area contributed by atoms with Gasteiger partial charge in [-0.1, -0.05) is 34.1 Å². The Balaban J connectivity index is 1.85. The number of fused-ring (bicyclic) bond motifs is 1. The largest absolute Gasteiger partial charge is 0.458 e. The molecule has 4 atom stereocenters. The Hall–Kier alpha value is -0.830. The molecule has 0 saturated heterocycles. The molecule has 2 aliphatic carbocycles. The van der Waals surface area contributed by atoms with E-state index < -0.39 is 5.60 Å². The summed E-state index contributed by atoms with van der Waals surface area (Å²) in [6.07, 6.45) is 9.07. The van der Waals surface area contributed by atoms with Crippen LogP contribution in [0, 0.1) is 22.7 Å². The van der Waals surface area contributed by atoms with E-state index in [1.807, 2.05) is 0 Å². The van der Waals surface area contributed by atoms with Crippen LogP contribution in [0.3, 0.4) is 0 Å². The van der Waals surface area contributed by atoms with Crippen LogP contribution < -0.4 is 0 Å². The maximum atomic E-state index is 11.8. The molecule has 0 spiro atoms. The van der Waals surface area contributed by atoms with E-state index in [1.54, 1.807) is 6.08 Å². The minimum absolute atomic E-state index is 0.0174. The fraction of sp³-hybridized carbons (Fsp3) is 0.850. The molecule has 2 fully saturated rings. The van der Waals surface area contributed by atoms with Gasteiger partial charge in [0.05, 0.1) is 5.60 Å². The first-order valence-corrected chi connectivity index (χ1v) is 9.28. The Morgan fingerprint density at radius 3 is 2.65 bits per heavy atom. The lowest BCUT2D eigenvalue weighted by Gasteiger charge is -2.63. The third-order valence-electron chi connectivity index (χ3n) is 7.47. The highest BCUT2D eigenvalue weighted by Gasteiger charge is 2.60. The quantitative estimate of drug-likeness (QED) is 0.791. The van der Waals surface area contributed by atoms with Crippen molar-refractivity contribution in [3.05, 3.63) is 11.6 Å². The first kappa shape index (κ1) is 17.0. The zero-order chi connectivity index (χ0) is 16.9. The van der Waals surface area contributed by atoms with Gasteiger partial charge in [-0.3, -0.25) is 0 Å². The SMILES string of the molecule is C[C@H]1CC[C@H]2C(C)(C)CCC[C@]2(C)[C@@]1(O)CCC1=CC(=O)OC1. The van der Waals surface area contributed by atoms with Gasteiger partial charge in [-0.2, -0.15) is 0 Å². The van der Waals surface area contributed by atoms with Crippen LogP contribution in [-0.2, 0) is 9.53 Å². The lowest BCUT2D eigenvalue weighted by molar-refractivity contribution is -0.211. The van der Waals surface area contributed by atoms with Crippen molar-refractivity contribution in [3.8, 4) is 0 Å². The third kappa shape index (κ3) is 2.65. The van der Waals surface area contributed by atoms with Crippen molar-refractivity contribution in [2.75, 3.05) is 6.61 Å². The van der Waals surface area contributed by atoms with Gasteiger partial charge in [0.25, 0.3) is 0 Å². The number of cyclic esters (lactones) is 1. The molecular formula is C20H32O3. The van der Waals surface area contributed by atoms with Crippen LogP contribution in [-0.4, -0.2) is 23.3 Å². The van der Waals surface area contributed by atoms with E-state index >= 15 is 0 Å². The van der Waals surface area contributed by atoms with Gasteiger partial charge in [0.15, 0.2) is 0 Å². The van der Waals surface area contributed by atoms with Crippen molar-refractivity contribution in [2.45, 2.75) is 78.2 Å². The molecule has 130 valence electrons. The summed E-state index contributed by atoms with van der Waals surface area (Å²) in [6.45, 7) is 9.73. The van der Waals surface area contributed by atoms with Crippen molar-refractivity contribution in [3.63, 3.8) is 0 Å². The van der Waals surface area contributed by atoms with Gasteiger partial charge < -0.3 is 9.84 Å². The normalized spacial score (nSPS) is 42.8. The third-order valence-corrected chi connectivity index (χ3v) is 7.47. The Morgan fingerprint density at radius 2 is 2.00 bits per heavy atom. The monoisotopic (exact) mass is 320 g/mol. The molecule has 2 saturated carbocycles. The number of carbonyl (C=O) groups excluding carboxylic acids is 1. The van der Waals surface area contributed by atoms with E-state index in [1.165, 1.54) is 19.3 Å². The molecule has 0 aromatic heterocycles. The van der Waals surface area contributed by atoms with Gasteiger partial charge in [-0.05, 0) is 66.8 Å². The van der Waals surface area contributed by atoms with Crippen molar-refractivity contribution in [1.29, 1.82) is 0 Å². The fourth-order valence-corrected chi connectivity index (χ4v) is 6.01. The minimum atomic E-state index is -0.639. The molecule has 0 unspecified atom stereocenters. The van der Waals surface area contributed by atoms with Crippen LogP contribution in [0.15, 0.2) is 11.6 Å². The lowest BCUT2D eigenvalue weighted by atomic mass is 9.44. The molecule has 3 rings (SSSR count). The van der Waals surface area contributed by atoms with Crippen LogP contribution in [0.4, 0.5) is 0 Å². The topological polar surface area (TPSA) is 46.5 Å². The number of rotatable bonds is 3. The van der Waals surface area contributed by atoms with Gasteiger partial charge in [0.1, 0.15) is 6.61 Å². The lowest BCUT2D eigenvalue weighted by Crippen LogP contribution is -2.62. The van der Waals surface area contributed by atoms with E-state index in [0.29, 0.717) is 23.9 Å². The summed E-state index contributed by atoms with van der Waals surface area (Å²) in [5.74, 6) is 0.670. The van der Waals surface area contributed by atoms with Gasteiger partial charge >= 0.3 is 5.97 Å². The number of ether oxygens (including phenoxy) is 1. The van der Waals surface area contributed by atoms with Crippen LogP contribution in [0.25, 0.3) is 0 Å². The fourth-order valence-electron chi connectivity index (χ4n) is 6.01. The Morgan fingerprint density at radius 1 is 1.26 bits per heavy atom. The summed E-state index contributed by atoms with van der Waals surface area (Å²) in [4.78, 5) is 11.3. The van der Waals surface area contributed by atoms with E-state index in [0.717, 1.165) is 31.3 Å². The van der Waals surface area contributed by atoms with Crippen molar-refractivity contribution in [2.24, 2.45) is 22.7 Å². The molecule has 23 heavy (non-hydrogen) atoms. The molecule has 0 aromatic rings. The zero-order valence-corrected chi connectivity index (χ0v) is 15.2. The first-order chi connectivity index (χ1) is 10.7. The second-order valence-electron chi connectivity index (χ2n) is 9.13. The Kier molecular flexibility index (Phi) is 4.15. The van der Waals surface area contributed by atoms with Crippen molar-refractivity contribution < 1.29 is 14.6 Å². The van der Waals surface area contributed by atoms with Gasteiger partial charge in [0.2, 0.25) is 0 Å². The summed E-state index contributed by atoms with van der Waals surface area (Å²) in [7, 11) is 0. The van der Waals surface area contributed by atoms with Crippen LogP contribution in [0.5, 0.6) is 0 Å². The van der Waals surface area contributed by atoms with E-state index in [-0.39, 0.29) is 11.4 Å². The molecule has 0 radical (unpaired) electrons. The van der Waals surface area contributed by atoms with Gasteiger partial charge in [-0.15, -0.1) is 0 Å². The number of hydrogen-bond donors (Lipinski definition) is 1. The standard InChI is InChI=1S/C20H32O3/c1-14-6-7-16-18(2,3)9-5-10-19(16,4)20(14,22)11-8-15-12-17(21)23-13-15/h12,14,16,22H,5-11,13H2,1-4H3/t14-,16-,19-,20+/m0/s1. The van der Waals surface area contributed by atoms with E-state index in [9.17, 15) is 9.90 Å². The molecule has 3 aliphatic rings. The maximum Gasteiger partial charge on any atom is 0.331 e. The highest BCUT2D eigenvalue weighted by molar-refractivity contribution is 5.85. The Labute approximate surface area is 140 Å². The molecule has 1 aliphatic heterocycles. The van der Waals surface area contributed by atoms with E-state index in [2.05, 4.69) is 27.7 Å². The smallest absolute Gasteiger partial charge is 0.331 e. The average molecular weight is 320 g/mol. The molecule has 1 N–H and O–H groups in total. The van der Waals surface area contributed by atoms with E-state index in [4.69, 9.17) is 4.74 Å². The number of esters is 1. The predicted molar refractivity (Wildman–Crippen MR) is 90.9 cm³/mol. The first-order valence-electron chi connectivity index (χ1n) is 9.28. The number of hydrogen-bond acceptors (Lipinski definition) is 3. The number of carbonyl (C=O) groups is 1. The Bertz CT molecular complexity index is 521. The van der Waals surface area contributed by atoms with Crippen molar-refractivity contribution in [1.82, 2.24) is 0 Å². The summed E-state index contributed by atoms with van der Waals surface area (Å²) in [5, 5.41) is 11.8. The highest BCUT2D eigenvalue weighted by atomic mass is 16.5. The molecule has 3 heteroatoms. The zero-order valence-electron chi connectivity index (χ0n) is 15.2. The molecule has 1 heterocycles. The van der Waals surface area contributed by atoms with Gasteiger partial charge in [0, 0.05) is 6.08 Å². The van der Waals surface area contributed by atoms with Crippen LogP contribution >= 0.6 is 0 Å².